The minimum Gasteiger partial charge on any atom is -0.368 e. The van der Waals surface area contributed by atoms with Crippen molar-refractivity contribution >= 4 is 17.4 Å². The molecule has 8 heteroatoms. The highest BCUT2D eigenvalue weighted by molar-refractivity contribution is 6.01. The molecule has 5 nitrogen and oxygen atoms in total. The molecule has 3 aliphatic rings. The van der Waals surface area contributed by atoms with Gasteiger partial charge in [0.2, 0.25) is 0 Å². The standard InChI is InChI=1S/C27H30F3N3O2/c28-27(29,30)25(34)20-4-6-21(7-5-20)26(35)33-16-14-32(15-17-33)24-9-8-19-10-12-31(23-2-1-3-23)13-11-22(19)18-24/h4-9,18,23H,1-3,10-17H2. The molecule has 2 aliphatic heterocycles. The fourth-order valence-electron chi connectivity index (χ4n) is 5.32. The van der Waals surface area contributed by atoms with Gasteiger partial charge in [-0.2, -0.15) is 13.2 Å². The third kappa shape index (κ3) is 5.08. The summed E-state index contributed by atoms with van der Waals surface area (Å²) in [5, 5.41) is 0. The third-order valence-corrected chi connectivity index (χ3v) is 7.70. The van der Waals surface area contributed by atoms with Crippen LogP contribution in [0, 0.1) is 0 Å². The SMILES string of the molecule is O=C(c1ccc(C(=O)C(F)(F)F)cc1)N1CCN(c2ccc3c(c2)CCN(C2CCC2)CC3)CC1. The van der Waals surface area contributed by atoms with E-state index >= 15 is 0 Å². The molecule has 0 bridgehead atoms. The van der Waals surface area contributed by atoms with Crippen LogP contribution in [0.5, 0.6) is 0 Å². The molecule has 0 N–H and O–H groups in total. The number of Topliss-reactive ketones (excluding diaryl/α,β-unsaturated/α-hetero) is 1. The first-order chi connectivity index (χ1) is 16.8. The van der Waals surface area contributed by atoms with Gasteiger partial charge in [0.05, 0.1) is 0 Å². The molecule has 2 aromatic rings. The predicted octanol–water partition coefficient (Wildman–Crippen LogP) is 4.35. The van der Waals surface area contributed by atoms with E-state index in [1.165, 1.54) is 48.2 Å². The lowest BCUT2D eigenvalue weighted by Crippen LogP contribution is -2.48. The van der Waals surface area contributed by atoms with Gasteiger partial charge in [-0.15, -0.1) is 0 Å². The van der Waals surface area contributed by atoms with E-state index in [-0.39, 0.29) is 5.91 Å². The maximum atomic E-state index is 12.9. The van der Waals surface area contributed by atoms with Gasteiger partial charge >= 0.3 is 6.18 Å². The molecular weight excluding hydrogens is 455 g/mol. The van der Waals surface area contributed by atoms with E-state index in [0.717, 1.165) is 44.1 Å². The van der Waals surface area contributed by atoms with Gasteiger partial charge in [-0.25, -0.2) is 0 Å². The fraction of sp³-hybridized carbons (Fsp3) is 0.481. The topological polar surface area (TPSA) is 43.9 Å². The normalized spacial score (nSPS) is 19.6. The van der Waals surface area contributed by atoms with Crippen LogP contribution in [-0.2, 0) is 12.8 Å². The first kappa shape index (κ1) is 23.9. The number of hydrogen-bond donors (Lipinski definition) is 0. The lowest BCUT2D eigenvalue weighted by Gasteiger charge is -2.36. The Morgan fingerprint density at radius 3 is 2.00 bits per heavy atom. The summed E-state index contributed by atoms with van der Waals surface area (Å²) in [4.78, 5) is 30.9. The Morgan fingerprint density at radius 1 is 0.771 bits per heavy atom. The molecule has 0 radical (unpaired) electrons. The van der Waals surface area contributed by atoms with Crippen molar-refractivity contribution in [2.75, 3.05) is 44.2 Å². The Balaban J connectivity index is 1.18. The number of amides is 1. The second kappa shape index (κ2) is 9.64. The van der Waals surface area contributed by atoms with Crippen molar-refractivity contribution in [2.45, 2.75) is 44.3 Å². The fourth-order valence-corrected chi connectivity index (χ4v) is 5.32. The van der Waals surface area contributed by atoms with E-state index in [9.17, 15) is 22.8 Å². The van der Waals surface area contributed by atoms with Crippen molar-refractivity contribution in [3.8, 4) is 0 Å². The molecule has 0 unspecified atom stereocenters. The van der Waals surface area contributed by atoms with Gasteiger partial charge in [0, 0.05) is 62.1 Å². The number of ketones is 1. The number of hydrogen-bond acceptors (Lipinski definition) is 4. The molecule has 2 fully saturated rings. The number of rotatable bonds is 4. The molecule has 0 spiro atoms. The van der Waals surface area contributed by atoms with Gasteiger partial charge in [0.15, 0.2) is 0 Å². The summed E-state index contributed by atoms with van der Waals surface area (Å²) in [6.07, 6.45) is 1.27. The number of benzene rings is 2. The molecule has 0 atom stereocenters. The Hall–Kier alpha value is -2.87. The zero-order chi connectivity index (χ0) is 24.6. The average Bonchev–Trinajstić information content (AvgIpc) is 3.04. The van der Waals surface area contributed by atoms with Gasteiger partial charge in [-0.05, 0) is 61.1 Å². The zero-order valence-corrected chi connectivity index (χ0v) is 19.7. The Labute approximate surface area is 203 Å². The van der Waals surface area contributed by atoms with Crippen LogP contribution in [0.15, 0.2) is 42.5 Å². The molecule has 1 saturated heterocycles. The van der Waals surface area contributed by atoms with Gasteiger partial charge in [0.25, 0.3) is 11.7 Å². The van der Waals surface area contributed by atoms with E-state index in [2.05, 4.69) is 28.0 Å². The smallest absolute Gasteiger partial charge is 0.368 e. The van der Waals surface area contributed by atoms with E-state index < -0.39 is 17.5 Å². The second-order valence-corrected chi connectivity index (χ2v) is 9.76. The van der Waals surface area contributed by atoms with Crippen molar-refractivity contribution < 1.29 is 22.8 Å². The second-order valence-electron chi connectivity index (χ2n) is 9.76. The minimum atomic E-state index is -4.92. The van der Waals surface area contributed by atoms with E-state index in [1.54, 1.807) is 4.90 Å². The molecular formula is C27H30F3N3O2. The highest BCUT2D eigenvalue weighted by Crippen LogP contribution is 2.29. The van der Waals surface area contributed by atoms with Crippen molar-refractivity contribution in [3.05, 3.63) is 64.7 Å². The molecule has 1 saturated carbocycles. The van der Waals surface area contributed by atoms with Gasteiger partial charge in [-0.1, -0.05) is 24.6 Å². The number of anilines is 1. The van der Waals surface area contributed by atoms with Crippen LogP contribution >= 0.6 is 0 Å². The van der Waals surface area contributed by atoms with Crippen LogP contribution in [0.2, 0.25) is 0 Å². The van der Waals surface area contributed by atoms with Crippen molar-refractivity contribution in [1.82, 2.24) is 9.80 Å². The third-order valence-electron chi connectivity index (χ3n) is 7.70. The highest BCUT2D eigenvalue weighted by atomic mass is 19.4. The molecule has 1 amide bonds. The average molecular weight is 486 g/mol. The van der Waals surface area contributed by atoms with E-state index in [4.69, 9.17) is 0 Å². The molecule has 186 valence electrons. The number of carbonyl (C=O) groups is 2. The van der Waals surface area contributed by atoms with Gasteiger partial charge in [-0.3, -0.25) is 14.5 Å². The monoisotopic (exact) mass is 485 g/mol. The van der Waals surface area contributed by atoms with Crippen LogP contribution in [0.4, 0.5) is 18.9 Å². The van der Waals surface area contributed by atoms with Crippen molar-refractivity contribution in [3.63, 3.8) is 0 Å². The molecule has 2 aromatic carbocycles. The van der Waals surface area contributed by atoms with Crippen LogP contribution < -0.4 is 4.90 Å². The van der Waals surface area contributed by atoms with E-state index in [0.29, 0.717) is 31.7 Å². The van der Waals surface area contributed by atoms with Crippen molar-refractivity contribution in [2.24, 2.45) is 0 Å². The summed E-state index contributed by atoms with van der Waals surface area (Å²) in [7, 11) is 0. The number of halogens is 3. The molecule has 2 heterocycles. The summed E-state index contributed by atoms with van der Waals surface area (Å²) in [5.74, 6) is -2.13. The molecule has 0 aromatic heterocycles. The first-order valence-electron chi connectivity index (χ1n) is 12.4. The zero-order valence-electron chi connectivity index (χ0n) is 19.7. The number of fused-ring (bicyclic) bond motifs is 1. The maximum absolute atomic E-state index is 12.9. The summed E-state index contributed by atoms with van der Waals surface area (Å²) in [6, 6.07) is 12.3. The highest BCUT2D eigenvalue weighted by Gasteiger charge is 2.39. The number of alkyl halides is 3. The lowest BCUT2D eigenvalue weighted by molar-refractivity contribution is -0.0885. The van der Waals surface area contributed by atoms with Gasteiger partial charge < -0.3 is 9.80 Å². The lowest BCUT2D eigenvalue weighted by atomic mass is 9.91. The molecule has 35 heavy (non-hydrogen) atoms. The predicted molar refractivity (Wildman–Crippen MR) is 128 cm³/mol. The van der Waals surface area contributed by atoms with Crippen LogP contribution in [0.3, 0.4) is 0 Å². The first-order valence-corrected chi connectivity index (χ1v) is 12.4. The summed E-state index contributed by atoms with van der Waals surface area (Å²) in [6.45, 7) is 4.73. The van der Waals surface area contributed by atoms with Crippen LogP contribution in [0.1, 0.15) is 51.1 Å². The summed E-state index contributed by atoms with van der Waals surface area (Å²) in [5.41, 5.74) is 3.88. The molecule has 1 aliphatic carbocycles. The number of nitrogens with zero attached hydrogens (tertiary/aromatic N) is 3. The number of carbonyl (C=O) groups excluding carboxylic acids is 2. The Bertz CT molecular complexity index is 1090. The van der Waals surface area contributed by atoms with E-state index in [1.807, 2.05) is 0 Å². The van der Waals surface area contributed by atoms with Crippen LogP contribution in [-0.4, -0.2) is 73.0 Å². The summed E-state index contributed by atoms with van der Waals surface area (Å²) >= 11 is 0. The van der Waals surface area contributed by atoms with Gasteiger partial charge in [0.1, 0.15) is 0 Å². The minimum absolute atomic E-state index is 0.228. The maximum Gasteiger partial charge on any atom is 0.454 e. The van der Waals surface area contributed by atoms with Crippen LogP contribution in [0.25, 0.3) is 0 Å². The Morgan fingerprint density at radius 2 is 1.40 bits per heavy atom. The largest absolute Gasteiger partial charge is 0.454 e. The molecule has 5 rings (SSSR count). The quantitative estimate of drug-likeness (QED) is 0.605. The van der Waals surface area contributed by atoms with Crippen molar-refractivity contribution in [1.29, 1.82) is 0 Å². The number of piperazine rings is 1. The Kier molecular flexibility index (Phi) is 6.57. The summed E-state index contributed by atoms with van der Waals surface area (Å²) < 4.78 is 37.8.